The summed E-state index contributed by atoms with van der Waals surface area (Å²) in [6, 6.07) is 8.33. The Morgan fingerprint density at radius 3 is 2.54 bits per heavy atom. The second-order valence-electron chi connectivity index (χ2n) is 6.00. The van der Waals surface area contributed by atoms with Crippen molar-refractivity contribution in [3.63, 3.8) is 0 Å². The smallest absolute Gasteiger partial charge is 0.309 e. The highest BCUT2D eigenvalue weighted by molar-refractivity contribution is 5.83. The molecule has 8 heteroatoms. The summed E-state index contributed by atoms with van der Waals surface area (Å²) in [5, 5.41) is 7.78. The average molecular weight is 362 g/mol. The summed E-state index contributed by atoms with van der Waals surface area (Å²) in [7, 11) is 0. The predicted octanol–water partition coefficient (Wildman–Crippen LogP) is 3.87. The maximum Gasteiger partial charge on any atom is 0.433 e. The maximum atomic E-state index is 13.3. The van der Waals surface area contributed by atoms with Crippen LogP contribution >= 0.6 is 0 Å². The Bertz CT molecular complexity index is 945. The quantitative estimate of drug-likeness (QED) is 0.704. The van der Waals surface area contributed by atoms with Crippen LogP contribution in [0.4, 0.5) is 17.6 Å². The topological polar surface area (TPSA) is 42.7 Å². The number of pyridine rings is 1. The molecule has 0 amide bonds. The molecule has 4 nitrogen and oxygen atoms in total. The SMILES string of the molecule is Fc1ccc(-c2nn3c(c2-c2ccnc(C(F)(F)F)c2)CNCC3)cc1. The van der Waals surface area contributed by atoms with Crippen LogP contribution in [0.25, 0.3) is 22.4 Å². The predicted molar refractivity (Wildman–Crippen MR) is 87.6 cm³/mol. The van der Waals surface area contributed by atoms with Gasteiger partial charge in [-0.25, -0.2) is 4.39 Å². The van der Waals surface area contributed by atoms with Gasteiger partial charge in [-0.3, -0.25) is 9.67 Å². The van der Waals surface area contributed by atoms with Gasteiger partial charge in [0.2, 0.25) is 0 Å². The van der Waals surface area contributed by atoms with Crippen molar-refractivity contribution in [1.82, 2.24) is 20.1 Å². The van der Waals surface area contributed by atoms with Crippen LogP contribution < -0.4 is 5.32 Å². The summed E-state index contributed by atoms with van der Waals surface area (Å²) < 4.78 is 54.3. The third kappa shape index (κ3) is 2.96. The Morgan fingerprint density at radius 2 is 1.81 bits per heavy atom. The van der Waals surface area contributed by atoms with Crippen molar-refractivity contribution in [3.8, 4) is 22.4 Å². The monoisotopic (exact) mass is 362 g/mol. The lowest BCUT2D eigenvalue weighted by atomic mass is 9.98. The van der Waals surface area contributed by atoms with E-state index in [1.54, 1.807) is 16.8 Å². The van der Waals surface area contributed by atoms with Gasteiger partial charge in [-0.2, -0.15) is 18.3 Å². The van der Waals surface area contributed by atoms with E-state index in [-0.39, 0.29) is 5.82 Å². The minimum Gasteiger partial charge on any atom is -0.309 e. The molecule has 0 saturated carbocycles. The van der Waals surface area contributed by atoms with Gasteiger partial charge in [0.15, 0.2) is 0 Å². The molecule has 0 saturated heterocycles. The molecule has 4 rings (SSSR count). The standard InChI is InChI=1S/C18H14F4N4/c19-13-3-1-11(2-4-13)17-16(14-10-23-7-8-26(14)25-17)12-5-6-24-15(9-12)18(20,21)22/h1-6,9,23H,7-8,10H2. The van der Waals surface area contributed by atoms with Crippen LogP contribution in [0.1, 0.15) is 11.4 Å². The molecule has 3 heterocycles. The van der Waals surface area contributed by atoms with Crippen LogP contribution in [0.3, 0.4) is 0 Å². The van der Waals surface area contributed by atoms with Crippen molar-refractivity contribution >= 4 is 0 Å². The van der Waals surface area contributed by atoms with E-state index in [1.165, 1.54) is 18.2 Å². The first-order valence-corrected chi connectivity index (χ1v) is 8.03. The number of halogens is 4. The van der Waals surface area contributed by atoms with Crippen LogP contribution in [0.2, 0.25) is 0 Å². The summed E-state index contributed by atoms with van der Waals surface area (Å²) in [5.41, 5.74) is 2.02. The van der Waals surface area contributed by atoms with Crippen LogP contribution in [-0.4, -0.2) is 21.3 Å². The van der Waals surface area contributed by atoms with Gasteiger partial charge < -0.3 is 5.32 Å². The first-order valence-electron chi connectivity index (χ1n) is 8.03. The first-order chi connectivity index (χ1) is 12.4. The fraction of sp³-hybridized carbons (Fsp3) is 0.222. The van der Waals surface area contributed by atoms with Crippen molar-refractivity contribution in [2.75, 3.05) is 6.54 Å². The third-order valence-electron chi connectivity index (χ3n) is 4.31. The molecular formula is C18H14F4N4. The Hall–Kier alpha value is -2.74. The number of alkyl halides is 3. The van der Waals surface area contributed by atoms with Gasteiger partial charge in [0, 0.05) is 30.4 Å². The zero-order valence-corrected chi connectivity index (χ0v) is 13.5. The fourth-order valence-electron chi connectivity index (χ4n) is 3.11. The number of fused-ring (bicyclic) bond motifs is 1. The number of aromatic nitrogens is 3. The molecular weight excluding hydrogens is 348 g/mol. The van der Waals surface area contributed by atoms with E-state index in [4.69, 9.17) is 0 Å². The van der Waals surface area contributed by atoms with Gasteiger partial charge in [0.1, 0.15) is 17.2 Å². The largest absolute Gasteiger partial charge is 0.433 e. The highest BCUT2D eigenvalue weighted by atomic mass is 19.4. The van der Waals surface area contributed by atoms with Gasteiger partial charge in [-0.05, 0) is 42.0 Å². The second-order valence-corrected chi connectivity index (χ2v) is 6.00. The maximum absolute atomic E-state index is 13.3. The molecule has 0 atom stereocenters. The normalized spacial score (nSPS) is 14.3. The summed E-state index contributed by atoms with van der Waals surface area (Å²) >= 11 is 0. The minimum atomic E-state index is -4.53. The molecule has 26 heavy (non-hydrogen) atoms. The lowest BCUT2D eigenvalue weighted by molar-refractivity contribution is -0.141. The molecule has 0 unspecified atom stereocenters. The zero-order valence-electron chi connectivity index (χ0n) is 13.5. The summed E-state index contributed by atoms with van der Waals surface area (Å²) in [6.07, 6.45) is -3.38. The van der Waals surface area contributed by atoms with E-state index in [0.29, 0.717) is 35.5 Å². The lowest BCUT2D eigenvalue weighted by Crippen LogP contribution is -2.28. The van der Waals surface area contributed by atoms with Crippen LogP contribution in [0.15, 0.2) is 42.6 Å². The zero-order chi connectivity index (χ0) is 18.3. The molecule has 0 aliphatic carbocycles. The molecule has 134 valence electrons. The third-order valence-corrected chi connectivity index (χ3v) is 4.31. The number of hydrogen-bond donors (Lipinski definition) is 1. The Balaban J connectivity index is 1.92. The number of nitrogens with zero attached hydrogens (tertiary/aromatic N) is 3. The number of rotatable bonds is 2. The van der Waals surface area contributed by atoms with E-state index < -0.39 is 11.9 Å². The van der Waals surface area contributed by atoms with Crippen molar-refractivity contribution in [2.45, 2.75) is 19.3 Å². The second kappa shape index (κ2) is 6.21. The van der Waals surface area contributed by atoms with Gasteiger partial charge in [-0.1, -0.05) is 0 Å². The molecule has 0 spiro atoms. The van der Waals surface area contributed by atoms with Crippen LogP contribution in [-0.2, 0) is 19.3 Å². The van der Waals surface area contributed by atoms with E-state index >= 15 is 0 Å². The van der Waals surface area contributed by atoms with Gasteiger partial charge in [0.25, 0.3) is 0 Å². The molecule has 0 bridgehead atoms. The highest BCUT2D eigenvalue weighted by Gasteiger charge is 2.33. The molecule has 2 aromatic heterocycles. The average Bonchev–Trinajstić information content (AvgIpc) is 3.01. The molecule has 0 fully saturated rings. The lowest BCUT2D eigenvalue weighted by Gasteiger charge is -2.16. The van der Waals surface area contributed by atoms with Gasteiger partial charge in [0.05, 0.1) is 12.2 Å². The molecule has 1 N–H and O–H groups in total. The van der Waals surface area contributed by atoms with E-state index in [0.717, 1.165) is 24.5 Å². The van der Waals surface area contributed by atoms with Crippen LogP contribution in [0, 0.1) is 5.82 Å². The van der Waals surface area contributed by atoms with E-state index in [2.05, 4.69) is 15.4 Å². The summed E-state index contributed by atoms with van der Waals surface area (Å²) in [5.74, 6) is -0.385. The number of nitrogens with one attached hydrogen (secondary N) is 1. The van der Waals surface area contributed by atoms with E-state index in [1.807, 2.05) is 0 Å². The molecule has 0 radical (unpaired) electrons. The minimum absolute atomic E-state index is 0.385. The first kappa shape index (κ1) is 16.7. The molecule has 3 aromatic rings. The fourth-order valence-corrected chi connectivity index (χ4v) is 3.11. The molecule has 1 aliphatic heterocycles. The van der Waals surface area contributed by atoms with Crippen molar-refractivity contribution < 1.29 is 17.6 Å². The van der Waals surface area contributed by atoms with Crippen LogP contribution in [0.5, 0.6) is 0 Å². The van der Waals surface area contributed by atoms with Gasteiger partial charge >= 0.3 is 6.18 Å². The highest BCUT2D eigenvalue weighted by Crippen LogP contribution is 2.37. The Morgan fingerprint density at radius 1 is 1.04 bits per heavy atom. The molecule has 1 aliphatic rings. The summed E-state index contributed by atoms with van der Waals surface area (Å²) in [6.45, 7) is 1.83. The summed E-state index contributed by atoms with van der Waals surface area (Å²) in [4.78, 5) is 3.43. The van der Waals surface area contributed by atoms with E-state index in [9.17, 15) is 17.6 Å². The number of hydrogen-bond acceptors (Lipinski definition) is 3. The van der Waals surface area contributed by atoms with Crippen molar-refractivity contribution in [1.29, 1.82) is 0 Å². The molecule has 1 aromatic carbocycles. The van der Waals surface area contributed by atoms with Crippen molar-refractivity contribution in [3.05, 3.63) is 59.8 Å². The van der Waals surface area contributed by atoms with Gasteiger partial charge in [-0.15, -0.1) is 0 Å². The Kier molecular flexibility index (Phi) is 3.99. The number of benzene rings is 1. The Labute approximate surface area is 146 Å². The van der Waals surface area contributed by atoms with Crippen molar-refractivity contribution in [2.24, 2.45) is 0 Å².